The minimum atomic E-state index is 0.306. The number of ketones is 1. The third-order valence-corrected chi connectivity index (χ3v) is 3.97. The summed E-state index contributed by atoms with van der Waals surface area (Å²) >= 11 is 0. The number of aryl methyl sites for hydroxylation is 1. The van der Waals surface area contributed by atoms with Gasteiger partial charge in [0.2, 0.25) is 0 Å². The van der Waals surface area contributed by atoms with Crippen molar-refractivity contribution in [1.82, 2.24) is 0 Å². The second kappa shape index (κ2) is 11.5. The monoisotopic (exact) mass is 330 g/mol. The first kappa shape index (κ1) is 20.0. The molecule has 1 aromatic heterocycles. The molecule has 3 nitrogen and oxygen atoms in total. The molecule has 1 aromatic carbocycles. The fourth-order valence-corrected chi connectivity index (χ4v) is 2.50. The van der Waals surface area contributed by atoms with Crippen LogP contribution in [0.5, 0.6) is 5.75 Å². The van der Waals surface area contributed by atoms with Crippen molar-refractivity contribution >= 4 is 5.78 Å². The molecule has 0 saturated carbocycles. The van der Waals surface area contributed by atoms with Gasteiger partial charge in [-0.15, -0.1) is 0 Å². The highest BCUT2D eigenvalue weighted by Crippen LogP contribution is 2.21. The predicted octanol–water partition coefficient (Wildman–Crippen LogP) is 5.79. The fourth-order valence-electron chi connectivity index (χ4n) is 2.50. The molecule has 132 valence electrons. The average Bonchev–Trinajstić information content (AvgIpc) is 3.17. The van der Waals surface area contributed by atoms with Crippen molar-refractivity contribution in [3.8, 4) is 5.75 Å². The van der Waals surface area contributed by atoms with Gasteiger partial charge in [0.05, 0.1) is 13.4 Å². The van der Waals surface area contributed by atoms with Gasteiger partial charge in [0.1, 0.15) is 17.3 Å². The van der Waals surface area contributed by atoms with E-state index in [1.807, 2.05) is 38.1 Å². The third kappa shape index (κ3) is 7.03. The largest absolute Gasteiger partial charge is 0.497 e. The Balaban J connectivity index is 0.00000139. The molecule has 0 aliphatic carbocycles. The van der Waals surface area contributed by atoms with E-state index in [1.165, 1.54) is 5.56 Å². The standard InChI is InChI=1S/C19H24O3.C2H6/c1-15(19-7-4-14-22-19)8-11-17(20)6-3-5-16-9-12-18(21-2)13-10-16;1-2/h4,7,9-10,12-15H,3,5-6,8,11H2,1-2H3;1-2H3. The van der Waals surface area contributed by atoms with Crippen LogP contribution in [-0.2, 0) is 11.2 Å². The number of hydrogen-bond donors (Lipinski definition) is 0. The lowest BCUT2D eigenvalue weighted by molar-refractivity contribution is -0.119. The van der Waals surface area contributed by atoms with E-state index < -0.39 is 0 Å². The molecule has 1 heterocycles. The van der Waals surface area contributed by atoms with Crippen molar-refractivity contribution in [3.05, 3.63) is 54.0 Å². The quantitative estimate of drug-likeness (QED) is 0.584. The minimum absolute atomic E-state index is 0.306. The topological polar surface area (TPSA) is 39.4 Å². The molecule has 1 unspecified atom stereocenters. The fraction of sp³-hybridized carbons (Fsp3) is 0.476. The average molecular weight is 330 g/mol. The van der Waals surface area contributed by atoms with Crippen LogP contribution in [0.3, 0.4) is 0 Å². The van der Waals surface area contributed by atoms with Crippen LogP contribution < -0.4 is 4.74 Å². The van der Waals surface area contributed by atoms with Gasteiger partial charge in [-0.3, -0.25) is 4.79 Å². The highest BCUT2D eigenvalue weighted by atomic mass is 16.5. The zero-order valence-corrected chi connectivity index (χ0v) is 15.4. The van der Waals surface area contributed by atoms with Gasteiger partial charge in [0.15, 0.2) is 0 Å². The van der Waals surface area contributed by atoms with Gasteiger partial charge >= 0.3 is 0 Å². The number of furan rings is 1. The van der Waals surface area contributed by atoms with Gasteiger partial charge in [0.25, 0.3) is 0 Å². The number of carbonyl (C=O) groups excluding carboxylic acids is 1. The van der Waals surface area contributed by atoms with Crippen LogP contribution in [-0.4, -0.2) is 12.9 Å². The highest BCUT2D eigenvalue weighted by molar-refractivity contribution is 5.78. The number of ether oxygens (including phenoxy) is 1. The molecule has 0 bridgehead atoms. The highest BCUT2D eigenvalue weighted by Gasteiger charge is 2.11. The number of benzene rings is 1. The SMILES string of the molecule is CC.COc1ccc(CCCC(=O)CCC(C)c2ccco2)cc1. The van der Waals surface area contributed by atoms with Crippen molar-refractivity contribution in [1.29, 1.82) is 0 Å². The summed E-state index contributed by atoms with van der Waals surface area (Å²) in [6.45, 7) is 6.10. The van der Waals surface area contributed by atoms with Crippen LogP contribution in [0, 0.1) is 0 Å². The lowest BCUT2D eigenvalue weighted by atomic mass is 9.98. The summed E-state index contributed by atoms with van der Waals surface area (Å²) in [6, 6.07) is 11.9. The Morgan fingerprint density at radius 2 is 1.83 bits per heavy atom. The Morgan fingerprint density at radius 1 is 1.12 bits per heavy atom. The molecule has 0 fully saturated rings. The summed E-state index contributed by atoms with van der Waals surface area (Å²) in [6.07, 6.45) is 5.66. The maximum absolute atomic E-state index is 12.0. The van der Waals surface area contributed by atoms with Crippen LogP contribution in [0.25, 0.3) is 0 Å². The number of carbonyl (C=O) groups is 1. The molecule has 24 heavy (non-hydrogen) atoms. The maximum atomic E-state index is 12.0. The number of Topliss-reactive ketones (excluding diaryl/α,β-unsaturated/α-hetero) is 1. The summed E-state index contributed by atoms with van der Waals surface area (Å²) in [5.41, 5.74) is 1.25. The first-order chi connectivity index (χ1) is 11.7. The lowest BCUT2D eigenvalue weighted by Gasteiger charge is -2.08. The normalized spacial score (nSPS) is 11.3. The van der Waals surface area contributed by atoms with Crippen LogP contribution >= 0.6 is 0 Å². The van der Waals surface area contributed by atoms with E-state index in [0.29, 0.717) is 24.5 Å². The molecule has 0 aliphatic heterocycles. The lowest BCUT2D eigenvalue weighted by Crippen LogP contribution is -2.02. The van der Waals surface area contributed by atoms with Crippen LogP contribution in [0.15, 0.2) is 47.1 Å². The third-order valence-electron chi connectivity index (χ3n) is 3.97. The minimum Gasteiger partial charge on any atom is -0.497 e. The van der Waals surface area contributed by atoms with Crippen molar-refractivity contribution in [2.45, 2.75) is 58.8 Å². The van der Waals surface area contributed by atoms with Gasteiger partial charge < -0.3 is 9.15 Å². The van der Waals surface area contributed by atoms with E-state index in [0.717, 1.165) is 30.8 Å². The van der Waals surface area contributed by atoms with Crippen LogP contribution in [0.2, 0.25) is 0 Å². The Kier molecular flexibility index (Phi) is 9.59. The number of hydrogen-bond acceptors (Lipinski definition) is 3. The van der Waals surface area contributed by atoms with Crippen LogP contribution in [0.4, 0.5) is 0 Å². The summed E-state index contributed by atoms with van der Waals surface area (Å²) in [7, 11) is 1.66. The van der Waals surface area contributed by atoms with Gasteiger partial charge in [-0.1, -0.05) is 32.9 Å². The summed E-state index contributed by atoms with van der Waals surface area (Å²) in [5.74, 6) is 2.48. The molecule has 0 N–H and O–H groups in total. The first-order valence-corrected chi connectivity index (χ1v) is 8.87. The molecule has 1 atom stereocenters. The molecule has 0 aliphatic rings. The Labute approximate surface area is 146 Å². The van der Waals surface area contributed by atoms with Crippen molar-refractivity contribution in [2.75, 3.05) is 7.11 Å². The Morgan fingerprint density at radius 3 is 2.42 bits per heavy atom. The van der Waals surface area contributed by atoms with Crippen molar-refractivity contribution in [2.24, 2.45) is 0 Å². The molecular formula is C21H30O3. The first-order valence-electron chi connectivity index (χ1n) is 8.87. The number of methoxy groups -OCH3 is 1. The van der Waals surface area contributed by atoms with E-state index in [-0.39, 0.29) is 0 Å². The Hall–Kier alpha value is -2.03. The molecule has 0 radical (unpaired) electrons. The predicted molar refractivity (Wildman–Crippen MR) is 98.6 cm³/mol. The number of rotatable bonds is 9. The molecule has 0 saturated heterocycles. The second-order valence-corrected chi connectivity index (χ2v) is 5.70. The van der Waals surface area contributed by atoms with Crippen molar-refractivity contribution < 1.29 is 13.9 Å². The zero-order valence-electron chi connectivity index (χ0n) is 15.4. The van der Waals surface area contributed by atoms with E-state index in [4.69, 9.17) is 9.15 Å². The molecule has 2 aromatic rings. The Bertz CT molecular complexity index is 555. The van der Waals surface area contributed by atoms with E-state index in [1.54, 1.807) is 13.4 Å². The van der Waals surface area contributed by atoms with Gasteiger partial charge in [-0.05, 0) is 49.1 Å². The van der Waals surface area contributed by atoms with Crippen molar-refractivity contribution in [3.63, 3.8) is 0 Å². The van der Waals surface area contributed by atoms with Gasteiger partial charge in [0, 0.05) is 18.8 Å². The van der Waals surface area contributed by atoms with Crippen LogP contribution in [0.1, 0.15) is 63.7 Å². The molecule has 0 spiro atoms. The van der Waals surface area contributed by atoms with E-state index >= 15 is 0 Å². The molecule has 0 amide bonds. The van der Waals surface area contributed by atoms with Gasteiger partial charge in [-0.2, -0.15) is 0 Å². The molecule has 2 rings (SSSR count). The summed E-state index contributed by atoms with van der Waals surface area (Å²) in [4.78, 5) is 12.0. The van der Waals surface area contributed by atoms with Gasteiger partial charge in [-0.25, -0.2) is 0 Å². The van der Waals surface area contributed by atoms with E-state index in [9.17, 15) is 4.79 Å². The maximum Gasteiger partial charge on any atom is 0.132 e. The smallest absolute Gasteiger partial charge is 0.132 e. The zero-order chi connectivity index (χ0) is 17.8. The summed E-state index contributed by atoms with van der Waals surface area (Å²) < 4.78 is 10.5. The molecular weight excluding hydrogens is 300 g/mol. The summed E-state index contributed by atoms with van der Waals surface area (Å²) in [5, 5.41) is 0. The molecule has 3 heteroatoms. The van der Waals surface area contributed by atoms with E-state index in [2.05, 4.69) is 19.1 Å². The second-order valence-electron chi connectivity index (χ2n) is 5.70.